The molecule has 5 aromatic rings. The lowest BCUT2D eigenvalue weighted by Crippen LogP contribution is -2.48. The van der Waals surface area contributed by atoms with Crippen LogP contribution in [-0.4, -0.2) is 71.1 Å². The van der Waals surface area contributed by atoms with Crippen molar-refractivity contribution < 1.29 is 13.9 Å². The Morgan fingerprint density at radius 1 is 0.900 bits per heavy atom. The normalized spacial score (nSPS) is 14.0. The topological polar surface area (TPSA) is 94.6 Å². The van der Waals surface area contributed by atoms with E-state index in [1.165, 1.54) is 16.8 Å². The lowest BCUT2D eigenvalue weighted by Gasteiger charge is -2.34. The fourth-order valence-electron chi connectivity index (χ4n) is 4.96. The number of ether oxygens (including phenoxy) is 2. The van der Waals surface area contributed by atoms with E-state index in [1.54, 1.807) is 19.2 Å². The number of para-hydroxylation sites is 2. The van der Waals surface area contributed by atoms with Crippen LogP contribution in [0.3, 0.4) is 0 Å². The van der Waals surface area contributed by atoms with Gasteiger partial charge in [-0.1, -0.05) is 36.4 Å². The zero-order valence-electron chi connectivity index (χ0n) is 22.2. The summed E-state index contributed by atoms with van der Waals surface area (Å²) in [6.45, 7) is 4.67. The number of hydrogen-bond donors (Lipinski definition) is 1. The van der Waals surface area contributed by atoms with E-state index in [1.807, 2.05) is 54.6 Å². The Kier molecular flexibility index (Phi) is 7.15. The molecule has 3 aromatic carbocycles. The van der Waals surface area contributed by atoms with Crippen LogP contribution < -0.4 is 20.1 Å². The number of nitrogens with zero attached hydrogens (tertiary/aromatic N) is 6. The Morgan fingerprint density at radius 3 is 2.45 bits per heavy atom. The number of anilines is 2. The summed E-state index contributed by atoms with van der Waals surface area (Å²) < 4.78 is 27.1. The smallest absolute Gasteiger partial charge is 0.228 e. The summed E-state index contributed by atoms with van der Waals surface area (Å²) in [6.07, 6.45) is 0. The lowest BCUT2D eigenvalue weighted by molar-refractivity contribution is 0.200. The molecule has 1 aliphatic heterocycles. The second-order valence-corrected chi connectivity index (χ2v) is 9.54. The van der Waals surface area contributed by atoms with Gasteiger partial charge < -0.3 is 20.1 Å². The van der Waals surface area contributed by atoms with Gasteiger partial charge in [0.05, 0.1) is 23.9 Å². The van der Waals surface area contributed by atoms with E-state index in [2.05, 4.69) is 14.9 Å². The summed E-state index contributed by atoms with van der Waals surface area (Å²) in [5.74, 6) is 2.06. The monoisotopic (exact) mass is 539 g/mol. The van der Waals surface area contributed by atoms with Crippen molar-refractivity contribution in [1.82, 2.24) is 24.6 Å². The van der Waals surface area contributed by atoms with Gasteiger partial charge in [0.15, 0.2) is 5.65 Å². The second kappa shape index (κ2) is 11.2. The van der Waals surface area contributed by atoms with Crippen LogP contribution in [0.4, 0.5) is 16.2 Å². The van der Waals surface area contributed by atoms with Crippen LogP contribution in [0.5, 0.6) is 11.5 Å². The van der Waals surface area contributed by atoms with E-state index in [9.17, 15) is 4.39 Å². The lowest BCUT2D eigenvalue weighted by atomic mass is 10.1. The molecule has 9 nitrogen and oxygen atoms in total. The number of aromatic nitrogens is 4. The van der Waals surface area contributed by atoms with Gasteiger partial charge in [0.2, 0.25) is 5.95 Å². The van der Waals surface area contributed by atoms with Crippen molar-refractivity contribution in [2.75, 3.05) is 57.1 Å². The largest absolute Gasteiger partial charge is 0.496 e. The number of rotatable bonds is 8. The minimum absolute atomic E-state index is 0.330. The van der Waals surface area contributed by atoms with Gasteiger partial charge in [0.1, 0.15) is 29.7 Å². The molecule has 2 N–H and O–H groups in total. The molecular weight excluding hydrogens is 509 g/mol. The first-order valence-electron chi connectivity index (χ1n) is 13.2. The van der Waals surface area contributed by atoms with Gasteiger partial charge in [-0.3, -0.25) is 4.90 Å². The maximum atomic E-state index is 14.0. The van der Waals surface area contributed by atoms with Gasteiger partial charge >= 0.3 is 0 Å². The minimum Gasteiger partial charge on any atom is -0.496 e. The van der Waals surface area contributed by atoms with Crippen molar-refractivity contribution >= 4 is 22.8 Å². The highest BCUT2D eigenvalue weighted by Crippen LogP contribution is 2.37. The van der Waals surface area contributed by atoms with Crippen LogP contribution in [0.15, 0.2) is 78.9 Å². The highest BCUT2D eigenvalue weighted by atomic mass is 19.1. The van der Waals surface area contributed by atoms with E-state index >= 15 is 0 Å². The summed E-state index contributed by atoms with van der Waals surface area (Å²) >= 11 is 0. The third kappa shape index (κ3) is 5.13. The molecule has 0 atom stereocenters. The summed E-state index contributed by atoms with van der Waals surface area (Å²) in [6, 6.07) is 23.7. The number of methoxy groups -OCH3 is 1. The van der Waals surface area contributed by atoms with Crippen LogP contribution in [-0.2, 0) is 0 Å². The van der Waals surface area contributed by atoms with E-state index in [0.29, 0.717) is 46.5 Å². The van der Waals surface area contributed by atoms with Gasteiger partial charge in [-0.15, -0.1) is 5.10 Å². The van der Waals surface area contributed by atoms with Crippen molar-refractivity contribution in [3.05, 3.63) is 84.7 Å². The number of nitrogen functional groups attached to an aromatic ring is 1. The van der Waals surface area contributed by atoms with Crippen LogP contribution >= 0.6 is 0 Å². The number of nitrogens with two attached hydrogens (primary N) is 1. The first-order valence-corrected chi connectivity index (χ1v) is 13.2. The Labute approximate surface area is 231 Å². The quantitative estimate of drug-likeness (QED) is 0.310. The predicted octanol–water partition coefficient (Wildman–Crippen LogP) is 4.41. The van der Waals surface area contributed by atoms with Crippen LogP contribution in [0.1, 0.15) is 0 Å². The highest BCUT2D eigenvalue weighted by molar-refractivity contribution is 6.00. The van der Waals surface area contributed by atoms with E-state index in [-0.39, 0.29) is 5.82 Å². The Balaban J connectivity index is 1.30. The van der Waals surface area contributed by atoms with Crippen LogP contribution in [0, 0.1) is 5.82 Å². The number of halogens is 1. The summed E-state index contributed by atoms with van der Waals surface area (Å²) in [5.41, 5.74) is 8.96. The molecule has 0 radical (unpaired) electrons. The molecule has 2 aromatic heterocycles. The molecule has 0 spiro atoms. The van der Waals surface area contributed by atoms with Gasteiger partial charge in [-0.05, 0) is 42.5 Å². The van der Waals surface area contributed by atoms with Gasteiger partial charge in [-0.2, -0.15) is 4.98 Å². The Morgan fingerprint density at radius 2 is 1.68 bits per heavy atom. The molecule has 0 saturated carbocycles. The number of hydrogen-bond acceptors (Lipinski definition) is 8. The van der Waals surface area contributed by atoms with E-state index in [4.69, 9.17) is 25.2 Å². The average molecular weight is 540 g/mol. The Hall–Kier alpha value is -4.70. The fourth-order valence-corrected chi connectivity index (χ4v) is 4.96. The molecule has 1 saturated heterocycles. The van der Waals surface area contributed by atoms with E-state index in [0.717, 1.165) is 44.0 Å². The summed E-state index contributed by atoms with van der Waals surface area (Å²) in [7, 11) is 1.62. The number of fused-ring (bicyclic) bond motifs is 1. The zero-order valence-corrected chi connectivity index (χ0v) is 22.2. The first-order chi connectivity index (χ1) is 19.6. The Bertz CT molecular complexity index is 1620. The molecule has 204 valence electrons. The highest BCUT2D eigenvalue weighted by Gasteiger charge is 2.25. The fraction of sp³-hybridized carbons (Fsp3) is 0.233. The van der Waals surface area contributed by atoms with E-state index < -0.39 is 0 Å². The summed E-state index contributed by atoms with van der Waals surface area (Å²) in [4.78, 5) is 14.3. The maximum Gasteiger partial charge on any atom is 0.228 e. The van der Waals surface area contributed by atoms with Crippen molar-refractivity contribution in [2.24, 2.45) is 0 Å². The van der Waals surface area contributed by atoms with Crippen LogP contribution in [0.2, 0.25) is 0 Å². The molecule has 3 heterocycles. The van der Waals surface area contributed by atoms with Crippen LogP contribution in [0.25, 0.3) is 28.0 Å². The first kappa shape index (κ1) is 25.6. The molecule has 0 bridgehead atoms. The molecular formula is C30H30FN7O2. The SMILES string of the molecule is COc1ccccc1-c1nc(N2CCN(CCOc3ccccc3)CC2)nc2nn(-c3cccc(F)c3)c(N)c12. The maximum absolute atomic E-state index is 14.0. The van der Waals surface area contributed by atoms with Gasteiger partial charge in [0, 0.05) is 38.3 Å². The standard InChI is InChI=1S/C30H30FN7O2/c1-39-25-13-6-5-12-24(25)27-26-28(32)38(22-9-7-8-21(31)20-22)35-29(26)34-30(33-27)37-16-14-36(15-17-37)18-19-40-23-10-3-2-4-11-23/h2-13,20H,14-19,32H2,1H3. The van der Waals surface area contributed by atoms with Crippen molar-refractivity contribution in [1.29, 1.82) is 0 Å². The predicted molar refractivity (Wildman–Crippen MR) is 154 cm³/mol. The molecule has 0 amide bonds. The van der Waals surface area contributed by atoms with Crippen molar-refractivity contribution in [3.63, 3.8) is 0 Å². The molecule has 40 heavy (non-hydrogen) atoms. The zero-order chi connectivity index (χ0) is 27.5. The average Bonchev–Trinajstić information content (AvgIpc) is 3.34. The number of piperazine rings is 1. The molecule has 1 fully saturated rings. The van der Waals surface area contributed by atoms with Gasteiger partial charge in [0.25, 0.3) is 0 Å². The van der Waals surface area contributed by atoms with Crippen molar-refractivity contribution in [2.45, 2.75) is 0 Å². The van der Waals surface area contributed by atoms with Crippen molar-refractivity contribution in [3.8, 4) is 28.4 Å². The molecule has 10 heteroatoms. The third-order valence-electron chi connectivity index (χ3n) is 7.05. The number of benzene rings is 3. The molecule has 0 aliphatic carbocycles. The molecule has 0 unspecified atom stereocenters. The van der Waals surface area contributed by atoms with Gasteiger partial charge in [-0.25, -0.2) is 14.1 Å². The third-order valence-corrected chi connectivity index (χ3v) is 7.05. The molecule has 1 aliphatic rings. The minimum atomic E-state index is -0.375. The summed E-state index contributed by atoms with van der Waals surface area (Å²) in [5, 5.41) is 5.28. The molecule has 6 rings (SSSR count). The second-order valence-electron chi connectivity index (χ2n) is 9.54.